The number of aromatic carboxylic acids is 1. The van der Waals surface area contributed by atoms with Gasteiger partial charge in [0, 0.05) is 23.5 Å². The number of nitrogens with zero attached hydrogens (tertiary/aromatic N) is 2. The van der Waals surface area contributed by atoms with Crippen LogP contribution >= 0.6 is 11.3 Å². The van der Waals surface area contributed by atoms with Gasteiger partial charge in [0.05, 0.1) is 5.69 Å². The molecular weight excluding hydrogens is 310 g/mol. The smallest absolute Gasteiger partial charge is 0.348 e. The highest BCUT2D eigenvalue weighted by Gasteiger charge is 2.20. The monoisotopic (exact) mass is 318 g/mol. The molecule has 0 saturated carbocycles. The molecule has 0 fully saturated rings. The Labute approximate surface area is 127 Å². The van der Waals surface area contributed by atoms with E-state index in [1.807, 2.05) is 0 Å². The lowest BCUT2D eigenvalue weighted by Crippen LogP contribution is -1.96. The van der Waals surface area contributed by atoms with Crippen LogP contribution in [0.2, 0.25) is 0 Å². The van der Waals surface area contributed by atoms with Crippen molar-refractivity contribution in [1.82, 2.24) is 9.97 Å². The number of benzene rings is 1. The Balaban J connectivity index is 2.16. The molecule has 3 rings (SSSR count). The summed E-state index contributed by atoms with van der Waals surface area (Å²) in [5, 5.41) is 9.77. The SMILES string of the molecule is O=C(O)c1sc(-c2ccncc2)nc1-c1ccc(F)c(F)c1. The Hall–Kier alpha value is -2.67. The maximum atomic E-state index is 13.4. The van der Waals surface area contributed by atoms with Crippen molar-refractivity contribution < 1.29 is 18.7 Å². The van der Waals surface area contributed by atoms with Gasteiger partial charge >= 0.3 is 5.97 Å². The van der Waals surface area contributed by atoms with Gasteiger partial charge in [-0.1, -0.05) is 0 Å². The lowest BCUT2D eigenvalue weighted by molar-refractivity contribution is 0.0702. The van der Waals surface area contributed by atoms with Crippen LogP contribution in [0.25, 0.3) is 21.8 Å². The number of carbonyl (C=O) groups is 1. The van der Waals surface area contributed by atoms with Gasteiger partial charge in [0.25, 0.3) is 0 Å². The minimum atomic E-state index is -1.17. The number of pyridine rings is 1. The molecule has 0 unspecified atom stereocenters. The molecule has 2 aromatic heterocycles. The predicted octanol–water partition coefficient (Wildman–Crippen LogP) is 3.85. The summed E-state index contributed by atoms with van der Waals surface area (Å²) in [7, 11) is 0. The van der Waals surface area contributed by atoms with E-state index in [0.29, 0.717) is 10.6 Å². The maximum Gasteiger partial charge on any atom is 0.348 e. The predicted molar refractivity (Wildman–Crippen MR) is 77.7 cm³/mol. The highest BCUT2D eigenvalue weighted by Crippen LogP contribution is 2.34. The zero-order valence-electron chi connectivity index (χ0n) is 11.0. The van der Waals surface area contributed by atoms with E-state index in [1.54, 1.807) is 24.5 Å². The Kier molecular flexibility index (Phi) is 3.64. The summed E-state index contributed by atoms with van der Waals surface area (Å²) in [4.78, 5) is 19.5. The van der Waals surface area contributed by atoms with Crippen molar-refractivity contribution in [2.45, 2.75) is 0 Å². The van der Waals surface area contributed by atoms with Gasteiger partial charge in [-0.3, -0.25) is 4.98 Å². The van der Waals surface area contributed by atoms with E-state index in [-0.39, 0.29) is 16.1 Å². The lowest BCUT2D eigenvalue weighted by atomic mass is 10.1. The number of halogens is 2. The van der Waals surface area contributed by atoms with E-state index < -0.39 is 17.6 Å². The summed E-state index contributed by atoms with van der Waals surface area (Å²) in [6, 6.07) is 6.57. The van der Waals surface area contributed by atoms with E-state index in [2.05, 4.69) is 9.97 Å². The van der Waals surface area contributed by atoms with Gasteiger partial charge in [0.15, 0.2) is 11.6 Å². The zero-order valence-corrected chi connectivity index (χ0v) is 11.8. The van der Waals surface area contributed by atoms with Crippen molar-refractivity contribution in [3.8, 4) is 21.8 Å². The van der Waals surface area contributed by atoms with E-state index in [0.717, 1.165) is 23.5 Å². The zero-order chi connectivity index (χ0) is 15.7. The molecule has 2 heterocycles. The first-order chi connectivity index (χ1) is 10.6. The van der Waals surface area contributed by atoms with Crippen LogP contribution in [0.3, 0.4) is 0 Å². The second-order valence-corrected chi connectivity index (χ2v) is 5.37. The second-order valence-electron chi connectivity index (χ2n) is 4.37. The summed E-state index contributed by atoms with van der Waals surface area (Å²) >= 11 is 0.971. The van der Waals surface area contributed by atoms with Crippen LogP contribution in [-0.2, 0) is 0 Å². The van der Waals surface area contributed by atoms with Crippen LogP contribution in [0.5, 0.6) is 0 Å². The Morgan fingerprint density at radius 3 is 2.41 bits per heavy atom. The fraction of sp³-hybridized carbons (Fsp3) is 0. The number of rotatable bonds is 3. The number of carboxylic acids is 1. The molecule has 1 N–H and O–H groups in total. The largest absolute Gasteiger partial charge is 0.477 e. The molecule has 4 nitrogen and oxygen atoms in total. The van der Waals surface area contributed by atoms with E-state index in [4.69, 9.17) is 0 Å². The second kappa shape index (κ2) is 5.61. The maximum absolute atomic E-state index is 13.4. The van der Waals surface area contributed by atoms with Gasteiger partial charge in [0.2, 0.25) is 0 Å². The Morgan fingerprint density at radius 1 is 1.05 bits per heavy atom. The number of hydrogen-bond acceptors (Lipinski definition) is 4. The van der Waals surface area contributed by atoms with Crippen molar-refractivity contribution in [2.24, 2.45) is 0 Å². The first kappa shape index (κ1) is 14.3. The standard InChI is InChI=1S/C15H8F2N2O2S/c16-10-2-1-9(7-11(10)17)12-13(15(20)21)22-14(19-12)8-3-5-18-6-4-8/h1-7H,(H,20,21). The third kappa shape index (κ3) is 2.58. The van der Waals surface area contributed by atoms with Gasteiger partial charge in [-0.2, -0.15) is 0 Å². The van der Waals surface area contributed by atoms with Gasteiger partial charge in [0.1, 0.15) is 9.88 Å². The van der Waals surface area contributed by atoms with Crippen molar-refractivity contribution in [3.05, 3.63) is 59.2 Å². The summed E-state index contributed by atoms with van der Waals surface area (Å²) in [6.45, 7) is 0. The van der Waals surface area contributed by atoms with Crippen molar-refractivity contribution in [1.29, 1.82) is 0 Å². The molecule has 0 radical (unpaired) electrons. The van der Waals surface area contributed by atoms with Gasteiger partial charge in [-0.05, 0) is 30.3 Å². The highest BCUT2D eigenvalue weighted by atomic mass is 32.1. The Bertz CT molecular complexity index is 850. The minimum absolute atomic E-state index is 0.0298. The van der Waals surface area contributed by atoms with E-state index in [9.17, 15) is 18.7 Å². The van der Waals surface area contributed by atoms with Crippen molar-refractivity contribution in [3.63, 3.8) is 0 Å². The molecule has 0 aliphatic carbocycles. The summed E-state index contributed by atoms with van der Waals surface area (Å²) in [6.07, 6.45) is 3.13. The number of aromatic nitrogens is 2. The van der Waals surface area contributed by atoms with Gasteiger partial charge in [-0.25, -0.2) is 18.6 Å². The molecule has 110 valence electrons. The molecule has 22 heavy (non-hydrogen) atoms. The summed E-state index contributed by atoms with van der Waals surface area (Å²) in [5.74, 6) is -3.21. The molecule has 3 aromatic rings. The molecule has 0 aliphatic heterocycles. The van der Waals surface area contributed by atoms with Crippen molar-refractivity contribution in [2.75, 3.05) is 0 Å². The van der Waals surface area contributed by atoms with E-state index in [1.165, 1.54) is 6.07 Å². The third-order valence-electron chi connectivity index (χ3n) is 2.94. The van der Waals surface area contributed by atoms with Crippen LogP contribution in [-0.4, -0.2) is 21.0 Å². The molecule has 0 saturated heterocycles. The van der Waals surface area contributed by atoms with Crippen molar-refractivity contribution >= 4 is 17.3 Å². The molecule has 0 spiro atoms. The topological polar surface area (TPSA) is 63.1 Å². The fourth-order valence-electron chi connectivity index (χ4n) is 1.92. The summed E-state index contributed by atoms with van der Waals surface area (Å²) < 4.78 is 26.4. The average molecular weight is 318 g/mol. The van der Waals surface area contributed by atoms with Crippen LogP contribution < -0.4 is 0 Å². The summed E-state index contributed by atoms with van der Waals surface area (Å²) in [5.41, 5.74) is 1.03. The number of hydrogen-bond donors (Lipinski definition) is 1. The average Bonchev–Trinajstić information content (AvgIpc) is 2.96. The molecule has 0 aliphatic rings. The normalized spacial score (nSPS) is 10.6. The first-order valence-corrected chi connectivity index (χ1v) is 6.98. The molecule has 0 atom stereocenters. The minimum Gasteiger partial charge on any atom is -0.477 e. The van der Waals surface area contributed by atoms with Gasteiger partial charge < -0.3 is 5.11 Å². The van der Waals surface area contributed by atoms with E-state index >= 15 is 0 Å². The molecule has 7 heteroatoms. The molecule has 0 bridgehead atoms. The number of carboxylic acid groups (broad SMARTS) is 1. The van der Waals surface area contributed by atoms with Crippen LogP contribution in [0, 0.1) is 11.6 Å². The molecule has 0 amide bonds. The molecule has 1 aromatic carbocycles. The quantitative estimate of drug-likeness (QED) is 0.797. The first-order valence-electron chi connectivity index (χ1n) is 6.16. The number of thiazole rings is 1. The Morgan fingerprint density at radius 2 is 1.77 bits per heavy atom. The fourth-order valence-corrected chi connectivity index (χ4v) is 2.85. The third-order valence-corrected chi connectivity index (χ3v) is 4.03. The molecular formula is C15H8F2N2O2S. The highest BCUT2D eigenvalue weighted by molar-refractivity contribution is 7.17. The van der Waals surface area contributed by atoms with Gasteiger partial charge in [-0.15, -0.1) is 11.3 Å². The lowest BCUT2D eigenvalue weighted by Gasteiger charge is -2.00. The van der Waals surface area contributed by atoms with Crippen LogP contribution in [0.15, 0.2) is 42.7 Å². The van der Waals surface area contributed by atoms with Crippen LogP contribution in [0.1, 0.15) is 9.67 Å². The van der Waals surface area contributed by atoms with Crippen LogP contribution in [0.4, 0.5) is 8.78 Å².